The van der Waals surface area contributed by atoms with Crippen LogP contribution in [0.1, 0.15) is 44.9 Å². The first-order chi connectivity index (χ1) is 10.2. The zero-order chi connectivity index (χ0) is 15.1. The molecule has 1 heterocycles. The Hall–Kier alpha value is -1.30. The van der Waals surface area contributed by atoms with Crippen molar-refractivity contribution in [1.29, 1.82) is 0 Å². The molecule has 2 aliphatic rings. The van der Waals surface area contributed by atoms with Gasteiger partial charge in [0.05, 0.1) is 0 Å². The summed E-state index contributed by atoms with van der Waals surface area (Å²) < 4.78 is 0. The fourth-order valence-electron chi connectivity index (χ4n) is 3.33. The maximum Gasteiger partial charge on any atom is 0.323 e. The summed E-state index contributed by atoms with van der Waals surface area (Å²) in [5, 5.41) is 11.9. The van der Waals surface area contributed by atoms with Gasteiger partial charge in [-0.1, -0.05) is 19.3 Å². The van der Waals surface area contributed by atoms with E-state index in [4.69, 9.17) is 5.11 Å². The minimum absolute atomic E-state index is 0.0936. The molecule has 0 spiro atoms. The standard InChI is InChI=1S/C15H27N3O3/c19-14(20)12-18(13-6-2-3-7-13)15(21)16-8-11-17-9-4-1-5-10-17/h13H,1-12H2,(H,16,21)(H,19,20). The number of hydrogen-bond acceptors (Lipinski definition) is 3. The molecule has 1 saturated carbocycles. The zero-order valence-electron chi connectivity index (χ0n) is 12.7. The van der Waals surface area contributed by atoms with Crippen molar-refractivity contribution < 1.29 is 14.7 Å². The molecule has 120 valence electrons. The van der Waals surface area contributed by atoms with E-state index in [2.05, 4.69) is 10.2 Å². The Morgan fingerprint density at radius 2 is 1.76 bits per heavy atom. The highest BCUT2D eigenvalue weighted by Crippen LogP contribution is 2.23. The van der Waals surface area contributed by atoms with E-state index in [1.54, 1.807) is 0 Å². The second kappa shape index (κ2) is 8.22. The number of carboxylic acids is 1. The molecule has 2 N–H and O–H groups in total. The van der Waals surface area contributed by atoms with Crippen LogP contribution >= 0.6 is 0 Å². The van der Waals surface area contributed by atoms with Crippen LogP contribution < -0.4 is 5.32 Å². The van der Waals surface area contributed by atoms with Crippen LogP contribution in [0.2, 0.25) is 0 Å². The topological polar surface area (TPSA) is 72.9 Å². The molecular weight excluding hydrogens is 270 g/mol. The molecular formula is C15H27N3O3. The van der Waals surface area contributed by atoms with Gasteiger partial charge in [0.25, 0.3) is 0 Å². The lowest BCUT2D eigenvalue weighted by atomic mass is 10.1. The summed E-state index contributed by atoms with van der Waals surface area (Å²) in [6.07, 6.45) is 7.79. The Balaban J connectivity index is 1.75. The number of carboxylic acid groups (broad SMARTS) is 1. The van der Waals surface area contributed by atoms with E-state index in [0.29, 0.717) is 6.54 Å². The Bertz CT molecular complexity index is 350. The number of aliphatic carboxylic acids is 1. The predicted molar refractivity (Wildman–Crippen MR) is 80.3 cm³/mol. The van der Waals surface area contributed by atoms with Crippen LogP contribution in [0.25, 0.3) is 0 Å². The second-order valence-corrected chi connectivity index (χ2v) is 6.09. The molecule has 0 unspecified atom stereocenters. The fourth-order valence-corrected chi connectivity index (χ4v) is 3.33. The van der Waals surface area contributed by atoms with E-state index in [-0.39, 0.29) is 18.6 Å². The van der Waals surface area contributed by atoms with E-state index in [9.17, 15) is 9.59 Å². The smallest absolute Gasteiger partial charge is 0.323 e. The third kappa shape index (κ3) is 5.19. The van der Waals surface area contributed by atoms with Gasteiger partial charge in [-0.05, 0) is 38.8 Å². The quantitative estimate of drug-likeness (QED) is 0.779. The monoisotopic (exact) mass is 297 g/mol. The van der Waals surface area contributed by atoms with Crippen molar-refractivity contribution in [2.45, 2.75) is 51.0 Å². The van der Waals surface area contributed by atoms with Gasteiger partial charge in [-0.2, -0.15) is 0 Å². The number of amides is 2. The summed E-state index contributed by atoms with van der Waals surface area (Å²) in [6.45, 7) is 3.48. The molecule has 0 atom stereocenters. The number of likely N-dealkylation sites (tertiary alicyclic amines) is 1. The molecule has 0 aromatic carbocycles. The fraction of sp³-hybridized carbons (Fsp3) is 0.867. The molecule has 6 nitrogen and oxygen atoms in total. The van der Waals surface area contributed by atoms with Crippen LogP contribution in [-0.4, -0.2) is 65.7 Å². The molecule has 0 bridgehead atoms. The van der Waals surface area contributed by atoms with Crippen LogP contribution in [-0.2, 0) is 4.79 Å². The maximum atomic E-state index is 12.2. The SMILES string of the molecule is O=C(O)CN(C(=O)NCCN1CCCCC1)C1CCCC1. The lowest BCUT2D eigenvalue weighted by Crippen LogP contribution is -2.49. The van der Waals surface area contributed by atoms with E-state index >= 15 is 0 Å². The summed E-state index contributed by atoms with van der Waals surface area (Å²) in [7, 11) is 0. The van der Waals surface area contributed by atoms with Gasteiger partial charge in [-0.15, -0.1) is 0 Å². The van der Waals surface area contributed by atoms with Gasteiger partial charge >= 0.3 is 12.0 Å². The van der Waals surface area contributed by atoms with E-state index in [1.165, 1.54) is 24.2 Å². The first-order valence-corrected chi connectivity index (χ1v) is 8.15. The largest absolute Gasteiger partial charge is 0.480 e. The number of rotatable bonds is 6. The Morgan fingerprint density at radius 3 is 2.38 bits per heavy atom. The first-order valence-electron chi connectivity index (χ1n) is 8.15. The third-order valence-electron chi connectivity index (χ3n) is 4.48. The normalized spacial score (nSPS) is 20.4. The molecule has 2 amide bonds. The van der Waals surface area contributed by atoms with Crippen LogP contribution in [0.4, 0.5) is 4.79 Å². The third-order valence-corrected chi connectivity index (χ3v) is 4.48. The number of carbonyl (C=O) groups excluding carboxylic acids is 1. The molecule has 2 fully saturated rings. The summed E-state index contributed by atoms with van der Waals surface area (Å²) in [6, 6.07) is -0.127. The molecule has 6 heteroatoms. The number of urea groups is 1. The average Bonchev–Trinajstić information content (AvgIpc) is 2.99. The zero-order valence-corrected chi connectivity index (χ0v) is 12.7. The highest BCUT2D eigenvalue weighted by Gasteiger charge is 2.28. The lowest BCUT2D eigenvalue weighted by molar-refractivity contribution is -0.138. The van der Waals surface area contributed by atoms with Crippen LogP contribution in [0.3, 0.4) is 0 Å². The maximum absolute atomic E-state index is 12.2. The predicted octanol–water partition coefficient (Wildman–Crippen LogP) is 1.51. The molecule has 0 aromatic heterocycles. The highest BCUT2D eigenvalue weighted by molar-refractivity contribution is 5.80. The molecule has 2 rings (SSSR count). The van der Waals surface area contributed by atoms with Crippen molar-refractivity contribution in [3.05, 3.63) is 0 Å². The van der Waals surface area contributed by atoms with E-state index < -0.39 is 5.97 Å². The summed E-state index contributed by atoms with van der Waals surface area (Å²) >= 11 is 0. The number of hydrogen-bond donors (Lipinski definition) is 2. The second-order valence-electron chi connectivity index (χ2n) is 6.09. The molecule has 21 heavy (non-hydrogen) atoms. The minimum atomic E-state index is -0.937. The van der Waals surface area contributed by atoms with Crippen molar-refractivity contribution in [1.82, 2.24) is 15.1 Å². The van der Waals surface area contributed by atoms with Crippen molar-refractivity contribution in [3.8, 4) is 0 Å². The number of piperidine rings is 1. The summed E-state index contributed by atoms with van der Waals surface area (Å²) in [5.74, 6) is -0.937. The van der Waals surface area contributed by atoms with Crippen molar-refractivity contribution in [2.75, 3.05) is 32.7 Å². The Kier molecular flexibility index (Phi) is 6.29. The Morgan fingerprint density at radius 1 is 1.10 bits per heavy atom. The highest BCUT2D eigenvalue weighted by atomic mass is 16.4. The van der Waals surface area contributed by atoms with E-state index in [1.807, 2.05) is 0 Å². The minimum Gasteiger partial charge on any atom is -0.480 e. The van der Waals surface area contributed by atoms with Gasteiger partial charge in [0.1, 0.15) is 6.54 Å². The summed E-state index contributed by atoms with van der Waals surface area (Å²) in [4.78, 5) is 27.1. The molecule has 0 radical (unpaired) electrons. The summed E-state index contributed by atoms with van der Waals surface area (Å²) in [5.41, 5.74) is 0. The van der Waals surface area contributed by atoms with Gasteiger partial charge in [-0.25, -0.2) is 4.79 Å². The number of nitrogens with one attached hydrogen (secondary N) is 1. The number of carbonyl (C=O) groups is 2. The first kappa shape index (κ1) is 16.1. The number of nitrogens with zero attached hydrogens (tertiary/aromatic N) is 2. The van der Waals surface area contributed by atoms with E-state index in [0.717, 1.165) is 45.3 Å². The lowest BCUT2D eigenvalue weighted by Gasteiger charge is -2.29. The van der Waals surface area contributed by atoms with Gasteiger partial charge in [0.2, 0.25) is 0 Å². The van der Waals surface area contributed by atoms with Crippen molar-refractivity contribution in [3.63, 3.8) is 0 Å². The van der Waals surface area contributed by atoms with Crippen LogP contribution in [0, 0.1) is 0 Å². The van der Waals surface area contributed by atoms with Crippen molar-refractivity contribution >= 4 is 12.0 Å². The molecule has 0 aromatic rings. The molecule has 1 aliphatic carbocycles. The van der Waals surface area contributed by atoms with Crippen LogP contribution in [0.5, 0.6) is 0 Å². The van der Waals surface area contributed by atoms with Gasteiger partial charge < -0.3 is 20.2 Å². The van der Waals surface area contributed by atoms with Crippen molar-refractivity contribution in [2.24, 2.45) is 0 Å². The van der Waals surface area contributed by atoms with Gasteiger partial charge in [0, 0.05) is 19.1 Å². The van der Waals surface area contributed by atoms with Crippen LogP contribution in [0.15, 0.2) is 0 Å². The Labute approximate surface area is 126 Å². The van der Waals surface area contributed by atoms with Gasteiger partial charge in [-0.3, -0.25) is 4.79 Å². The van der Waals surface area contributed by atoms with Gasteiger partial charge in [0.15, 0.2) is 0 Å². The molecule has 1 aliphatic heterocycles. The average molecular weight is 297 g/mol. The molecule has 1 saturated heterocycles.